The molecule has 0 spiro atoms. The molecule has 3 aromatic carbocycles. The van der Waals surface area contributed by atoms with Crippen molar-refractivity contribution in [2.45, 2.75) is 31.3 Å². The number of hydrogen-bond acceptors (Lipinski definition) is 4. The number of halogens is 1. The lowest BCUT2D eigenvalue weighted by atomic mass is 10.1. The zero-order chi connectivity index (χ0) is 20.3. The maximum absolute atomic E-state index is 6.10. The molecule has 0 N–H and O–H groups in total. The van der Waals surface area contributed by atoms with Gasteiger partial charge in [-0.2, -0.15) is 0 Å². The van der Waals surface area contributed by atoms with Crippen LogP contribution < -0.4 is 9.47 Å². The molecule has 0 bridgehead atoms. The molecule has 2 aliphatic heterocycles. The van der Waals surface area contributed by atoms with Gasteiger partial charge in [-0.1, -0.05) is 54.6 Å². The molecule has 2 saturated heterocycles. The molecule has 2 aliphatic rings. The van der Waals surface area contributed by atoms with Crippen LogP contribution in [0.1, 0.15) is 40.0 Å². The summed E-state index contributed by atoms with van der Waals surface area (Å²) in [5.74, 6) is 1.84. The van der Waals surface area contributed by atoms with Gasteiger partial charge in [0.1, 0.15) is 25.4 Å². The van der Waals surface area contributed by atoms with Crippen molar-refractivity contribution >= 4 is 11.6 Å². The molecular weight excluding hydrogens is 400 g/mol. The van der Waals surface area contributed by atoms with Gasteiger partial charge >= 0.3 is 0 Å². The second-order valence-electron chi connectivity index (χ2n) is 7.62. The molecule has 154 valence electrons. The van der Waals surface area contributed by atoms with E-state index in [0.29, 0.717) is 30.6 Å². The average molecular weight is 423 g/mol. The summed E-state index contributed by atoms with van der Waals surface area (Å²) < 4.78 is 22.8. The van der Waals surface area contributed by atoms with Crippen LogP contribution in [0.15, 0.2) is 66.7 Å². The monoisotopic (exact) mass is 422 g/mol. The third-order valence-corrected chi connectivity index (χ3v) is 5.63. The largest absolute Gasteiger partial charge is 0.485 e. The highest BCUT2D eigenvalue weighted by atomic mass is 35.5. The Labute approximate surface area is 181 Å². The smallest absolute Gasteiger partial charge is 0.162 e. The first kappa shape index (κ1) is 19.4. The summed E-state index contributed by atoms with van der Waals surface area (Å²) in [5.41, 5.74) is 5.62. The molecule has 4 nitrogen and oxygen atoms in total. The molecule has 0 amide bonds. The molecule has 3 aromatic rings. The fourth-order valence-corrected chi connectivity index (χ4v) is 3.49. The van der Waals surface area contributed by atoms with Crippen LogP contribution in [0.3, 0.4) is 0 Å². The summed E-state index contributed by atoms with van der Waals surface area (Å²) in [6, 6.07) is 22.5. The Bertz CT molecular complexity index is 993. The molecule has 0 radical (unpaired) electrons. The highest BCUT2D eigenvalue weighted by Gasteiger charge is 2.25. The second-order valence-corrected chi connectivity index (χ2v) is 7.89. The minimum Gasteiger partial charge on any atom is -0.485 e. The molecule has 0 aromatic heterocycles. The van der Waals surface area contributed by atoms with E-state index in [4.69, 9.17) is 30.5 Å². The summed E-state index contributed by atoms with van der Waals surface area (Å²) in [7, 11) is 0. The van der Waals surface area contributed by atoms with E-state index in [2.05, 4.69) is 48.5 Å². The molecule has 2 heterocycles. The first-order valence-electron chi connectivity index (χ1n) is 10.1. The predicted molar refractivity (Wildman–Crippen MR) is 115 cm³/mol. The molecule has 2 unspecified atom stereocenters. The third kappa shape index (κ3) is 4.78. The van der Waals surface area contributed by atoms with E-state index < -0.39 is 0 Å². The Balaban J connectivity index is 1.24. The van der Waals surface area contributed by atoms with Crippen molar-refractivity contribution in [3.63, 3.8) is 0 Å². The fraction of sp³-hybridized carbons (Fsp3) is 0.280. The number of epoxide rings is 2. The number of ether oxygens (including phenoxy) is 4. The van der Waals surface area contributed by atoms with Crippen LogP contribution in [-0.4, -0.2) is 13.2 Å². The van der Waals surface area contributed by atoms with Gasteiger partial charge in [0.2, 0.25) is 0 Å². The Hall–Kier alpha value is -2.53. The van der Waals surface area contributed by atoms with E-state index in [0.717, 1.165) is 29.9 Å². The van der Waals surface area contributed by atoms with Gasteiger partial charge in [0.15, 0.2) is 11.5 Å². The topological polar surface area (TPSA) is 43.5 Å². The summed E-state index contributed by atoms with van der Waals surface area (Å²) in [4.78, 5) is 0. The predicted octanol–water partition coefficient (Wildman–Crippen LogP) is 5.73. The summed E-state index contributed by atoms with van der Waals surface area (Å²) in [5, 5.41) is 0. The third-order valence-electron chi connectivity index (χ3n) is 5.32. The van der Waals surface area contributed by atoms with Crippen molar-refractivity contribution in [2.75, 3.05) is 13.2 Å². The van der Waals surface area contributed by atoms with Crippen LogP contribution in [0.2, 0.25) is 0 Å². The van der Waals surface area contributed by atoms with Crippen LogP contribution in [0.25, 0.3) is 0 Å². The average Bonchev–Trinajstić information content (AvgIpc) is 3.70. The second kappa shape index (κ2) is 8.68. The lowest BCUT2D eigenvalue weighted by molar-refractivity contribution is 0.255. The Morgan fingerprint density at radius 2 is 1.13 bits per heavy atom. The van der Waals surface area contributed by atoms with E-state index in [9.17, 15) is 0 Å². The normalized spacial score (nSPS) is 19.4. The van der Waals surface area contributed by atoms with Crippen molar-refractivity contribution in [2.24, 2.45) is 0 Å². The minimum absolute atomic E-state index is 0.270. The Kier molecular flexibility index (Phi) is 5.63. The summed E-state index contributed by atoms with van der Waals surface area (Å²) >= 11 is 6.02. The molecule has 0 aliphatic carbocycles. The van der Waals surface area contributed by atoms with Crippen molar-refractivity contribution in [1.29, 1.82) is 0 Å². The Morgan fingerprint density at radius 1 is 0.667 bits per heavy atom. The standard InChI is InChI=1S/C25H23ClO4/c26-12-19-5-10-22(27-13-17-1-6-20(7-2-17)24-15-29-24)23(11-19)28-14-18-3-8-21(9-4-18)25-16-30-25/h1-11,24-25H,12-16H2. The van der Waals surface area contributed by atoms with E-state index in [1.54, 1.807) is 0 Å². The van der Waals surface area contributed by atoms with Gasteiger partial charge in [0, 0.05) is 5.88 Å². The molecule has 2 atom stereocenters. The number of hydrogen-bond donors (Lipinski definition) is 0. The molecular formula is C25H23ClO4. The SMILES string of the molecule is ClCc1ccc(OCc2ccc(C3CO3)cc2)c(OCc2ccc(C3CO3)cc2)c1. The van der Waals surface area contributed by atoms with Crippen LogP contribution in [0.5, 0.6) is 11.5 Å². The van der Waals surface area contributed by atoms with E-state index in [1.165, 1.54) is 11.1 Å². The van der Waals surface area contributed by atoms with E-state index >= 15 is 0 Å². The van der Waals surface area contributed by atoms with Gasteiger partial charge in [-0.05, 0) is 39.9 Å². The number of alkyl halides is 1. The number of rotatable bonds is 9. The summed E-state index contributed by atoms with van der Waals surface area (Å²) in [6.07, 6.45) is 0.542. The van der Waals surface area contributed by atoms with Crippen LogP contribution in [0, 0.1) is 0 Å². The first-order chi connectivity index (χ1) is 14.8. The fourth-order valence-electron chi connectivity index (χ4n) is 3.33. The van der Waals surface area contributed by atoms with Crippen LogP contribution >= 0.6 is 11.6 Å². The van der Waals surface area contributed by atoms with Crippen molar-refractivity contribution < 1.29 is 18.9 Å². The molecule has 2 fully saturated rings. The van der Waals surface area contributed by atoms with Gasteiger partial charge in [-0.3, -0.25) is 0 Å². The Morgan fingerprint density at radius 3 is 1.60 bits per heavy atom. The van der Waals surface area contributed by atoms with Crippen LogP contribution in [-0.2, 0) is 28.6 Å². The zero-order valence-electron chi connectivity index (χ0n) is 16.6. The maximum Gasteiger partial charge on any atom is 0.162 e. The highest BCUT2D eigenvalue weighted by Crippen LogP contribution is 2.33. The molecule has 5 heteroatoms. The quantitative estimate of drug-likeness (QED) is 0.326. The van der Waals surface area contributed by atoms with Crippen LogP contribution in [0.4, 0.5) is 0 Å². The van der Waals surface area contributed by atoms with Gasteiger partial charge in [0.25, 0.3) is 0 Å². The van der Waals surface area contributed by atoms with Crippen molar-refractivity contribution in [3.8, 4) is 11.5 Å². The number of benzene rings is 3. The lowest BCUT2D eigenvalue weighted by Gasteiger charge is -2.14. The van der Waals surface area contributed by atoms with E-state index in [1.807, 2.05) is 18.2 Å². The van der Waals surface area contributed by atoms with Gasteiger partial charge in [-0.25, -0.2) is 0 Å². The highest BCUT2D eigenvalue weighted by molar-refractivity contribution is 6.17. The zero-order valence-corrected chi connectivity index (χ0v) is 17.3. The molecule has 0 saturated carbocycles. The lowest BCUT2D eigenvalue weighted by Crippen LogP contribution is -2.01. The first-order valence-corrected chi connectivity index (χ1v) is 10.7. The molecule has 5 rings (SSSR count). The van der Waals surface area contributed by atoms with Gasteiger partial charge < -0.3 is 18.9 Å². The minimum atomic E-state index is 0.270. The van der Waals surface area contributed by atoms with Crippen molar-refractivity contribution in [3.05, 3.63) is 94.5 Å². The summed E-state index contributed by atoms with van der Waals surface area (Å²) in [6.45, 7) is 2.57. The van der Waals surface area contributed by atoms with Crippen molar-refractivity contribution in [1.82, 2.24) is 0 Å². The van der Waals surface area contributed by atoms with E-state index in [-0.39, 0.29) is 12.2 Å². The molecule has 30 heavy (non-hydrogen) atoms. The van der Waals surface area contributed by atoms with Gasteiger partial charge in [0.05, 0.1) is 13.2 Å². The maximum atomic E-state index is 6.10. The van der Waals surface area contributed by atoms with Gasteiger partial charge in [-0.15, -0.1) is 11.6 Å².